The molecule has 4 heteroatoms. The Kier molecular flexibility index (Phi) is 2.78. The summed E-state index contributed by atoms with van der Waals surface area (Å²) in [5.74, 6) is 0.682. The summed E-state index contributed by atoms with van der Waals surface area (Å²) in [4.78, 5) is 12.8. The Morgan fingerprint density at radius 3 is 2.86 bits per heavy atom. The molecule has 0 unspecified atom stereocenters. The van der Waals surface area contributed by atoms with E-state index in [4.69, 9.17) is 9.47 Å². The number of amides is 1. The number of rotatable bonds is 1. The van der Waals surface area contributed by atoms with Gasteiger partial charge in [-0.1, -0.05) is 24.3 Å². The van der Waals surface area contributed by atoms with Gasteiger partial charge >= 0.3 is 0 Å². The van der Waals surface area contributed by atoms with Crippen molar-refractivity contribution >= 4 is 11.6 Å². The molecular formula is C18H17NO3. The second-order valence-corrected chi connectivity index (χ2v) is 5.84. The quantitative estimate of drug-likeness (QED) is 0.880. The van der Waals surface area contributed by atoms with Gasteiger partial charge in [0, 0.05) is 16.8 Å². The molecule has 0 saturated heterocycles. The van der Waals surface area contributed by atoms with Crippen LogP contribution in [-0.4, -0.2) is 19.1 Å². The van der Waals surface area contributed by atoms with E-state index in [1.165, 1.54) is 0 Å². The molecule has 22 heavy (non-hydrogen) atoms. The van der Waals surface area contributed by atoms with E-state index in [9.17, 15) is 4.79 Å². The zero-order valence-electron chi connectivity index (χ0n) is 12.6. The summed E-state index contributed by atoms with van der Waals surface area (Å²) in [6.45, 7) is 2.00. The molecule has 0 radical (unpaired) electrons. The van der Waals surface area contributed by atoms with Crippen molar-refractivity contribution in [1.82, 2.24) is 0 Å². The molecule has 0 saturated carbocycles. The number of fused-ring (bicyclic) bond motifs is 4. The van der Waals surface area contributed by atoms with Crippen LogP contribution in [0.5, 0.6) is 5.75 Å². The van der Waals surface area contributed by atoms with Crippen LogP contribution in [0, 0.1) is 0 Å². The molecule has 0 fully saturated rings. The molecule has 2 aromatic rings. The summed E-state index contributed by atoms with van der Waals surface area (Å²) in [5, 5.41) is 2.95. The highest BCUT2D eigenvalue weighted by molar-refractivity contribution is 6.07. The maximum absolute atomic E-state index is 12.8. The van der Waals surface area contributed by atoms with Gasteiger partial charge in [-0.3, -0.25) is 4.79 Å². The second-order valence-electron chi connectivity index (χ2n) is 5.84. The van der Waals surface area contributed by atoms with E-state index in [-0.39, 0.29) is 12.0 Å². The molecule has 1 spiro atoms. The van der Waals surface area contributed by atoms with Crippen molar-refractivity contribution in [3.63, 3.8) is 0 Å². The minimum atomic E-state index is -1.05. The monoisotopic (exact) mass is 295 g/mol. The third kappa shape index (κ3) is 1.64. The normalized spacial score (nSPS) is 25.5. The number of carbonyl (C=O) groups excluding carboxylic acids is 1. The molecule has 2 atom stereocenters. The zero-order valence-corrected chi connectivity index (χ0v) is 12.6. The van der Waals surface area contributed by atoms with Gasteiger partial charge in [0.2, 0.25) is 0 Å². The molecule has 2 heterocycles. The van der Waals surface area contributed by atoms with E-state index < -0.39 is 5.60 Å². The fourth-order valence-corrected chi connectivity index (χ4v) is 3.54. The zero-order chi connectivity index (χ0) is 15.3. The maximum atomic E-state index is 12.8. The first-order valence-corrected chi connectivity index (χ1v) is 7.41. The molecule has 2 aliphatic rings. The Morgan fingerprint density at radius 2 is 2.05 bits per heavy atom. The topological polar surface area (TPSA) is 47.6 Å². The van der Waals surface area contributed by atoms with E-state index >= 15 is 0 Å². The first-order valence-electron chi connectivity index (χ1n) is 7.41. The summed E-state index contributed by atoms with van der Waals surface area (Å²) in [6.07, 6.45) is 0.723. The van der Waals surface area contributed by atoms with Gasteiger partial charge < -0.3 is 14.8 Å². The number of nitrogens with one attached hydrogen (secondary N) is 1. The fourth-order valence-electron chi connectivity index (χ4n) is 3.54. The lowest BCUT2D eigenvalue weighted by Crippen LogP contribution is -2.45. The first-order chi connectivity index (χ1) is 10.6. The minimum Gasteiger partial charge on any atom is -0.497 e. The Hall–Kier alpha value is -2.33. The van der Waals surface area contributed by atoms with Gasteiger partial charge in [0.25, 0.3) is 5.91 Å². The molecule has 112 valence electrons. The smallest absolute Gasteiger partial charge is 0.266 e. The highest BCUT2D eigenvalue weighted by Gasteiger charge is 2.53. The Balaban J connectivity index is 1.99. The van der Waals surface area contributed by atoms with Gasteiger partial charge in [0.1, 0.15) is 5.75 Å². The summed E-state index contributed by atoms with van der Waals surface area (Å²) >= 11 is 0. The SMILES string of the molecule is COc1ccc2c(c1)C[C@H](C)O[C@@]21C(=O)Nc2ccccc21. The number of ether oxygens (including phenoxy) is 2. The maximum Gasteiger partial charge on any atom is 0.266 e. The Morgan fingerprint density at radius 1 is 1.23 bits per heavy atom. The van der Waals surface area contributed by atoms with Crippen LogP contribution in [0.2, 0.25) is 0 Å². The van der Waals surface area contributed by atoms with Crippen LogP contribution >= 0.6 is 0 Å². The molecule has 1 amide bonds. The van der Waals surface area contributed by atoms with Crippen molar-refractivity contribution in [2.75, 3.05) is 12.4 Å². The van der Waals surface area contributed by atoms with Gasteiger partial charge in [0.15, 0.2) is 5.60 Å². The average Bonchev–Trinajstić information content (AvgIpc) is 2.79. The van der Waals surface area contributed by atoms with Gasteiger partial charge in [-0.15, -0.1) is 0 Å². The lowest BCUT2D eigenvalue weighted by atomic mass is 9.80. The van der Waals surface area contributed by atoms with Crippen LogP contribution in [0.15, 0.2) is 42.5 Å². The van der Waals surface area contributed by atoms with Crippen LogP contribution in [0.25, 0.3) is 0 Å². The van der Waals surface area contributed by atoms with Gasteiger partial charge in [-0.05, 0) is 37.1 Å². The van der Waals surface area contributed by atoms with E-state index in [0.717, 1.165) is 34.5 Å². The summed E-state index contributed by atoms with van der Waals surface area (Å²) in [7, 11) is 1.65. The van der Waals surface area contributed by atoms with Crippen molar-refractivity contribution in [3.8, 4) is 5.75 Å². The van der Waals surface area contributed by atoms with E-state index in [0.29, 0.717) is 0 Å². The van der Waals surface area contributed by atoms with Gasteiger partial charge in [0.05, 0.1) is 13.2 Å². The van der Waals surface area contributed by atoms with Crippen molar-refractivity contribution < 1.29 is 14.3 Å². The molecule has 0 bridgehead atoms. The Bertz CT molecular complexity index is 771. The third-order valence-corrected chi connectivity index (χ3v) is 4.45. The molecule has 2 aliphatic heterocycles. The summed E-state index contributed by atoms with van der Waals surface area (Å²) in [6, 6.07) is 13.6. The standard InChI is InChI=1S/C18H17NO3/c1-11-9-12-10-13(21-2)7-8-14(12)18(22-11)15-5-3-4-6-16(15)19-17(18)20/h3-8,10-11H,9H2,1-2H3,(H,19,20)/t11-,18-/m0/s1. The lowest BCUT2D eigenvalue weighted by Gasteiger charge is -2.37. The van der Waals surface area contributed by atoms with Crippen LogP contribution < -0.4 is 10.1 Å². The van der Waals surface area contributed by atoms with E-state index in [1.807, 2.05) is 49.4 Å². The molecule has 1 N–H and O–H groups in total. The number of methoxy groups -OCH3 is 1. The predicted octanol–water partition coefficient (Wildman–Crippen LogP) is 2.85. The van der Waals surface area contributed by atoms with E-state index in [1.54, 1.807) is 7.11 Å². The highest BCUT2D eigenvalue weighted by atomic mass is 16.5. The van der Waals surface area contributed by atoms with Crippen molar-refractivity contribution in [1.29, 1.82) is 0 Å². The molecule has 2 aromatic carbocycles. The lowest BCUT2D eigenvalue weighted by molar-refractivity contribution is -0.144. The fraction of sp³-hybridized carbons (Fsp3) is 0.278. The summed E-state index contributed by atoms with van der Waals surface area (Å²) in [5.41, 5.74) is 2.68. The van der Waals surface area contributed by atoms with Crippen LogP contribution in [-0.2, 0) is 21.6 Å². The largest absolute Gasteiger partial charge is 0.497 e. The average molecular weight is 295 g/mol. The van der Waals surface area contributed by atoms with Crippen LogP contribution in [0.3, 0.4) is 0 Å². The predicted molar refractivity (Wildman–Crippen MR) is 83.1 cm³/mol. The number of hydrogen-bond acceptors (Lipinski definition) is 3. The highest BCUT2D eigenvalue weighted by Crippen LogP contribution is 2.48. The number of carbonyl (C=O) groups is 1. The molecule has 4 rings (SSSR count). The van der Waals surface area contributed by atoms with Gasteiger partial charge in [-0.2, -0.15) is 0 Å². The van der Waals surface area contributed by atoms with Crippen molar-refractivity contribution in [2.24, 2.45) is 0 Å². The van der Waals surface area contributed by atoms with Crippen LogP contribution in [0.1, 0.15) is 23.6 Å². The number of anilines is 1. The molecule has 0 aliphatic carbocycles. The second kappa shape index (κ2) is 4.58. The minimum absolute atomic E-state index is 0.0449. The number of hydrogen-bond donors (Lipinski definition) is 1. The van der Waals surface area contributed by atoms with Gasteiger partial charge in [-0.25, -0.2) is 0 Å². The number of benzene rings is 2. The van der Waals surface area contributed by atoms with Crippen molar-refractivity contribution in [3.05, 3.63) is 59.2 Å². The summed E-state index contributed by atoms with van der Waals surface area (Å²) < 4.78 is 11.5. The van der Waals surface area contributed by atoms with Crippen molar-refractivity contribution in [2.45, 2.75) is 25.0 Å². The van der Waals surface area contributed by atoms with Crippen LogP contribution in [0.4, 0.5) is 5.69 Å². The third-order valence-electron chi connectivity index (χ3n) is 4.45. The van der Waals surface area contributed by atoms with E-state index in [2.05, 4.69) is 5.32 Å². The molecular weight excluding hydrogens is 278 g/mol. The Labute approximate surface area is 129 Å². The number of para-hydroxylation sites is 1. The molecule has 0 aromatic heterocycles. The molecule has 4 nitrogen and oxygen atoms in total. The first kappa shape index (κ1) is 13.3.